The number of ketones is 1. The molecule has 164 valence electrons. The first kappa shape index (κ1) is 21.8. The molecule has 1 amide bonds. The fourth-order valence-electron chi connectivity index (χ4n) is 4.27. The zero-order chi connectivity index (χ0) is 22.0. The second kappa shape index (κ2) is 8.85. The Kier molecular flexibility index (Phi) is 6.42. The Morgan fingerprint density at radius 3 is 2.47 bits per heavy atom. The van der Waals surface area contributed by atoms with Gasteiger partial charge in [0.25, 0.3) is 5.56 Å². The van der Waals surface area contributed by atoms with Crippen molar-refractivity contribution in [2.75, 3.05) is 18.9 Å². The fourth-order valence-corrected chi connectivity index (χ4v) is 4.27. The predicted octanol–water partition coefficient (Wildman–Crippen LogP) is 0.0562. The highest BCUT2D eigenvalue weighted by atomic mass is 16.5. The molecule has 0 bridgehead atoms. The van der Waals surface area contributed by atoms with Gasteiger partial charge in [-0.05, 0) is 19.3 Å². The average Bonchev–Trinajstić information content (AvgIpc) is 3.37. The zero-order valence-electron chi connectivity index (χ0n) is 17.4. The van der Waals surface area contributed by atoms with Gasteiger partial charge in [0.05, 0.1) is 5.92 Å². The van der Waals surface area contributed by atoms with E-state index in [1.807, 2.05) is 6.92 Å². The molecule has 3 rings (SSSR count). The van der Waals surface area contributed by atoms with E-state index in [2.05, 4.69) is 0 Å². The van der Waals surface area contributed by atoms with Crippen LogP contribution in [0.4, 0.5) is 5.82 Å². The molecule has 1 aromatic heterocycles. The van der Waals surface area contributed by atoms with Gasteiger partial charge in [0, 0.05) is 32.6 Å². The molecule has 0 aromatic carbocycles. The maximum atomic E-state index is 12.6. The van der Waals surface area contributed by atoms with E-state index >= 15 is 0 Å². The number of nitrogen functional groups attached to an aromatic ring is 1. The molecular weight excluding hydrogens is 392 g/mol. The standard InChI is InChI=1S/C20H28N4O6/c1-3-8-23-17(21)16(18(27)22(2)20(23)29)14(25)11-30-19(28)12-9-15(26)24(10-12)13-6-4-5-7-13/h12-13H,3-11,21H2,1-2H3/t12-/m0/s1. The van der Waals surface area contributed by atoms with Gasteiger partial charge in [-0.1, -0.05) is 19.8 Å². The highest BCUT2D eigenvalue weighted by molar-refractivity contribution is 6.01. The number of ether oxygens (including phenoxy) is 1. The van der Waals surface area contributed by atoms with Crippen molar-refractivity contribution < 1.29 is 19.1 Å². The number of aromatic nitrogens is 2. The van der Waals surface area contributed by atoms with Gasteiger partial charge < -0.3 is 15.4 Å². The number of amides is 1. The number of nitrogens with zero attached hydrogens (tertiary/aromatic N) is 3. The summed E-state index contributed by atoms with van der Waals surface area (Å²) in [5.74, 6) is -2.34. The van der Waals surface area contributed by atoms with Gasteiger partial charge in [-0.2, -0.15) is 0 Å². The Hall–Kier alpha value is -2.91. The number of likely N-dealkylation sites (tertiary alicyclic amines) is 1. The summed E-state index contributed by atoms with van der Waals surface area (Å²) in [5.41, 5.74) is 4.11. The van der Waals surface area contributed by atoms with Gasteiger partial charge in [-0.25, -0.2) is 4.79 Å². The smallest absolute Gasteiger partial charge is 0.332 e. The van der Waals surface area contributed by atoms with Crippen molar-refractivity contribution in [3.05, 3.63) is 26.4 Å². The van der Waals surface area contributed by atoms with E-state index in [-0.39, 0.29) is 36.3 Å². The molecule has 2 N–H and O–H groups in total. The van der Waals surface area contributed by atoms with Crippen LogP contribution in [0.5, 0.6) is 0 Å². The highest BCUT2D eigenvalue weighted by Crippen LogP contribution is 2.29. The fraction of sp³-hybridized carbons (Fsp3) is 0.650. The van der Waals surface area contributed by atoms with Crippen LogP contribution in [0.2, 0.25) is 0 Å². The lowest BCUT2D eigenvalue weighted by Gasteiger charge is -2.23. The molecule has 0 spiro atoms. The van der Waals surface area contributed by atoms with E-state index in [0.717, 1.165) is 34.8 Å². The van der Waals surface area contributed by atoms with Crippen LogP contribution < -0.4 is 17.0 Å². The molecular formula is C20H28N4O6. The van der Waals surface area contributed by atoms with Crippen molar-refractivity contribution >= 4 is 23.5 Å². The van der Waals surface area contributed by atoms with Gasteiger partial charge >= 0.3 is 11.7 Å². The SMILES string of the molecule is CCCn1c(N)c(C(=O)COC(=O)[C@H]2CC(=O)N(C3CCCC3)C2)c(=O)n(C)c1=O. The zero-order valence-corrected chi connectivity index (χ0v) is 17.4. The van der Waals surface area contributed by atoms with E-state index in [4.69, 9.17) is 10.5 Å². The molecule has 2 aliphatic rings. The van der Waals surface area contributed by atoms with Crippen molar-refractivity contribution in [3.63, 3.8) is 0 Å². The lowest BCUT2D eigenvalue weighted by Crippen LogP contribution is -2.43. The number of anilines is 1. The van der Waals surface area contributed by atoms with Crippen LogP contribution in [0, 0.1) is 5.92 Å². The summed E-state index contributed by atoms with van der Waals surface area (Å²) in [4.78, 5) is 63.6. The maximum absolute atomic E-state index is 12.6. The molecule has 0 radical (unpaired) electrons. The topological polar surface area (TPSA) is 134 Å². The van der Waals surface area contributed by atoms with E-state index in [1.165, 1.54) is 7.05 Å². The van der Waals surface area contributed by atoms with Crippen molar-refractivity contribution in [2.45, 2.75) is 58.0 Å². The molecule has 2 heterocycles. The van der Waals surface area contributed by atoms with Gasteiger partial charge in [-0.15, -0.1) is 0 Å². The number of hydrogen-bond donors (Lipinski definition) is 1. The summed E-state index contributed by atoms with van der Waals surface area (Å²) in [7, 11) is 1.26. The maximum Gasteiger partial charge on any atom is 0.332 e. The molecule has 2 fully saturated rings. The first-order valence-corrected chi connectivity index (χ1v) is 10.3. The van der Waals surface area contributed by atoms with Crippen LogP contribution >= 0.6 is 0 Å². The number of hydrogen-bond acceptors (Lipinski definition) is 7. The van der Waals surface area contributed by atoms with Crippen molar-refractivity contribution in [1.82, 2.24) is 14.0 Å². The molecule has 1 saturated heterocycles. The number of esters is 1. The molecule has 1 aromatic rings. The second-order valence-corrected chi connectivity index (χ2v) is 7.97. The van der Waals surface area contributed by atoms with Crippen LogP contribution in [0.15, 0.2) is 9.59 Å². The van der Waals surface area contributed by atoms with Crippen LogP contribution in [-0.2, 0) is 27.9 Å². The lowest BCUT2D eigenvalue weighted by molar-refractivity contribution is -0.147. The first-order chi connectivity index (χ1) is 14.3. The molecule has 1 aliphatic carbocycles. The van der Waals surface area contributed by atoms with Crippen LogP contribution in [-0.4, -0.2) is 50.9 Å². The monoisotopic (exact) mass is 420 g/mol. The van der Waals surface area contributed by atoms with Crippen LogP contribution in [0.3, 0.4) is 0 Å². The van der Waals surface area contributed by atoms with E-state index < -0.39 is 35.5 Å². The third-order valence-electron chi connectivity index (χ3n) is 5.91. The summed E-state index contributed by atoms with van der Waals surface area (Å²) in [6.07, 6.45) is 4.69. The largest absolute Gasteiger partial charge is 0.457 e. The molecule has 1 aliphatic heterocycles. The van der Waals surface area contributed by atoms with Crippen LogP contribution in [0.25, 0.3) is 0 Å². The molecule has 10 nitrogen and oxygen atoms in total. The summed E-state index contributed by atoms with van der Waals surface area (Å²) in [5, 5.41) is 0. The van der Waals surface area contributed by atoms with Gasteiger partial charge in [-0.3, -0.25) is 28.3 Å². The van der Waals surface area contributed by atoms with Gasteiger partial charge in [0.1, 0.15) is 11.4 Å². The first-order valence-electron chi connectivity index (χ1n) is 10.3. The normalized spacial score (nSPS) is 19.5. The Morgan fingerprint density at radius 2 is 1.83 bits per heavy atom. The molecule has 1 saturated carbocycles. The highest BCUT2D eigenvalue weighted by Gasteiger charge is 2.39. The number of nitrogens with two attached hydrogens (primary N) is 1. The van der Waals surface area contributed by atoms with Gasteiger partial charge in [0.15, 0.2) is 6.61 Å². The number of carbonyl (C=O) groups is 3. The summed E-state index contributed by atoms with van der Waals surface area (Å²) in [6.45, 7) is 1.70. The third-order valence-corrected chi connectivity index (χ3v) is 5.91. The minimum absolute atomic E-state index is 0.0643. The number of rotatable bonds is 7. The van der Waals surface area contributed by atoms with Crippen molar-refractivity contribution in [3.8, 4) is 0 Å². The Balaban J connectivity index is 1.69. The molecule has 1 atom stereocenters. The van der Waals surface area contributed by atoms with Gasteiger partial charge in [0.2, 0.25) is 11.7 Å². The quantitative estimate of drug-likeness (QED) is 0.487. The van der Waals surface area contributed by atoms with Crippen molar-refractivity contribution in [2.24, 2.45) is 13.0 Å². The Morgan fingerprint density at radius 1 is 1.17 bits per heavy atom. The summed E-state index contributed by atoms with van der Waals surface area (Å²) < 4.78 is 7.10. The van der Waals surface area contributed by atoms with E-state index in [0.29, 0.717) is 13.0 Å². The number of Topliss-reactive ketones (excluding diaryl/α,β-unsaturated/α-hetero) is 1. The number of carbonyl (C=O) groups excluding carboxylic acids is 3. The lowest BCUT2D eigenvalue weighted by atomic mass is 10.1. The van der Waals surface area contributed by atoms with E-state index in [9.17, 15) is 24.0 Å². The Labute approximate surface area is 173 Å². The predicted molar refractivity (Wildman–Crippen MR) is 108 cm³/mol. The molecule has 30 heavy (non-hydrogen) atoms. The minimum atomic E-state index is -0.825. The Bertz CT molecular complexity index is 973. The summed E-state index contributed by atoms with van der Waals surface area (Å²) in [6, 6.07) is 0.180. The third kappa shape index (κ3) is 4.03. The minimum Gasteiger partial charge on any atom is -0.457 e. The second-order valence-electron chi connectivity index (χ2n) is 7.97. The van der Waals surface area contributed by atoms with Crippen LogP contribution in [0.1, 0.15) is 55.8 Å². The van der Waals surface area contributed by atoms with E-state index in [1.54, 1.807) is 4.90 Å². The molecule has 0 unspecified atom stereocenters. The van der Waals surface area contributed by atoms with Crippen molar-refractivity contribution in [1.29, 1.82) is 0 Å². The average molecular weight is 420 g/mol. The molecule has 10 heteroatoms. The summed E-state index contributed by atoms with van der Waals surface area (Å²) >= 11 is 0.